The maximum atomic E-state index is 13.2. The zero-order chi connectivity index (χ0) is 102. The molecule has 0 saturated carbocycles. The maximum Gasteiger partial charge on any atom is 0.407 e. The smallest absolute Gasteiger partial charge is 0.407 e. The molecule has 5 aromatic carbocycles. The third-order valence-corrected chi connectivity index (χ3v) is 29.3. The van der Waals surface area contributed by atoms with E-state index in [2.05, 4.69) is 93.8 Å². The van der Waals surface area contributed by atoms with Gasteiger partial charge in [-0.25, -0.2) is 19.2 Å². The van der Waals surface area contributed by atoms with E-state index in [0.29, 0.717) is 58.0 Å². The van der Waals surface area contributed by atoms with Crippen LogP contribution in [0.25, 0.3) is 22.3 Å². The molecular formula is C99H123N13O26Pt2. The summed E-state index contributed by atoms with van der Waals surface area (Å²) < 4.78 is 44.5. The average molecular weight is 2300 g/mol. The Morgan fingerprint density at radius 3 is 1.33 bits per heavy atom. The Balaban J connectivity index is 0.000000169. The standard InChI is InChI=1S/C29H31N3O6.C26H27N3O6.C16H21NO5.C15H21N3O4.C8H14N2O2.C5H9NO3.2Pt/c1-3-13-37-25(33)14-24-26(34)32-16-18(15-29(32,4-2)27(35)31-24)30-28(36)38-17-23-21-11-7-5-9-19(21)20-10-6-8-12-22(20)23;1-2-26-12-15(13-29(26)23(32)21(11-22(30)31)28-24(26)33)27-25(34)35-14-20-18-9-5-3-7-16(18)17-8-4-6-10-19(17)20;1-3-16(14(19)21-2)9-13(18)10-17(16)15(20)22-11-12-7-5-4-6-8-12;1-3-5-6-22-12(19)7-11-13(20)18-9-10(16)8-15(18,4-2)14(21)17-11;1-3-8(7(11)12-2)4-6(9)5-10-8;7-3-1-4(5(8)9)6-2-3;;/h3,5-12,18,23-24H,1,4,13-17H2,2H3,(H,30,36)(H,31,35);3-10,15,20-21H,2,11-14H2,1H3,(H,27,34)(H,28,33)(H,30,31);4-8,13,18H,3,9-11H2,1-2H3;3,10-11H,1,4-9H2,2H3,(H,17,21);6,10H,3-5H2,1-2H3;3-4,6-7H,1-2H2,(H,8,9);;/t18-,24-,29-;15-,21-,26-;13-,16?;10-,11-,15-;6-,8-;3-,4+;;/m001001../s1. The molecule has 9 fully saturated rings. The van der Waals surface area contributed by atoms with Gasteiger partial charge >= 0.3 is 271 Å². The molecule has 9 heterocycles. The molecule has 41 heteroatoms. The van der Waals surface area contributed by atoms with Crippen molar-refractivity contribution in [2.24, 2.45) is 6.99 Å². The van der Waals surface area contributed by atoms with Crippen molar-refractivity contribution in [1.82, 2.24) is 56.8 Å². The van der Waals surface area contributed by atoms with Gasteiger partial charge in [0.25, 0.3) is 0 Å². The minimum atomic E-state index is -1.17. The number of fused-ring (bicyclic) bond motifs is 9. The van der Waals surface area contributed by atoms with Crippen molar-refractivity contribution in [2.75, 3.05) is 79.9 Å². The summed E-state index contributed by atoms with van der Waals surface area (Å²) >= 11 is 3.88. The number of carbonyl (C=O) groups is 15. The van der Waals surface area contributed by atoms with E-state index in [1.165, 1.54) is 35.0 Å². The number of aliphatic carboxylic acids is 2. The van der Waals surface area contributed by atoms with Crippen LogP contribution in [0.4, 0.5) is 14.4 Å². The van der Waals surface area contributed by atoms with E-state index in [0.717, 1.165) is 69.5 Å². The van der Waals surface area contributed by atoms with Gasteiger partial charge in [-0.3, -0.25) is 38.5 Å². The molecule has 9 saturated heterocycles. The zero-order valence-corrected chi connectivity index (χ0v) is 83.6. The van der Waals surface area contributed by atoms with Crippen molar-refractivity contribution >= 4 is 89.5 Å². The van der Waals surface area contributed by atoms with Crippen molar-refractivity contribution in [3.8, 4) is 22.3 Å². The van der Waals surface area contributed by atoms with Crippen LogP contribution in [0.5, 0.6) is 0 Å². The number of piperazine rings is 3. The van der Waals surface area contributed by atoms with E-state index in [1.807, 2.05) is 151 Å². The molecule has 0 aromatic heterocycles. The number of aliphatic hydroxyl groups is 2. The Morgan fingerprint density at radius 1 is 0.493 bits per heavy atom. The largest absolute Gasteiger partial charge is 0.481 e. The second-order valence-corrected chi connectivity index (χ2v) is 37.0. The summed E-state index contributed by atoms with van der Waals surface area (Å²) in [5.74, 6) is -5.93. The van der Waals surface area contributed by atoms with Crippen LogP contribution in [0.3, 0.4) is 0 Å². The van der Waals surface area contributed by atoms with Crippen LogP contribution in [0.2, 0.25) is 0 Å². The third-order valence-electron chi connectivity index (χ3n) is 27.7. The molecule has 15 atom stereocenters. The molecule has 2 aliphatic carbocycles. The molecule has 760 valence electrons. The number of likely N-dealkylation sites (tertiary alicyclic amines) is 1. The number of nitrogens with zero attached hydrogens (tertiary/aromatic N) is 6. The molecule has 11 N–H and O–H groups in total. The first kappa shape index (κ1) is 108. The number of hydrogen-bond donors (Lipinski definition) is 11. The molecular weight excluding hydrogens is 2180 g/mol. The van der Waals surface area contributed by atoms with Crippen LogP contribution >= 0.6 is 0 Å². The fourth-order valence-corrected chi connectivity index (χ4v) is 21.1. The second kappa shape index (κ2) is 48.8. The Morgan fingerprint density at radius 2 is 0.936 bits per heavy atom. The van der Waals surface area contributed by atoms with Gasteiger partial charge in [0.15, 0.2) is 0 Å². The molecule has 140 heavy (non-hydrogen) atoms. The number of carboxylic acids is 2. The molecule has 16 rings (SSSR count). The predicted octanol–water partition coefficient (Wildman–Crippen LogP) is 6.52. The van der Waals surface area contributed by atoms with Crippen molar-refractivity contribution in [3.05, 3.63) is 181 Å². The van der Waals surface area contributed by atoms with Crippen molar-refractivity contribution in [2.45, 2.75) is 238 Å². The predicted molar refractivity (Wildman–Crippen MR) is 495 cm³/mol. The van der Waals surface area contributed by atoms with Crippen molar-refractivity contribution in [3.63, 3.8) is 0 Å². The fraction of sp³-hybridized carbons (Fsp3) is 0.505. The number of ether oxygens (including phenoxy) is 7. The molecule has 9 amide bonds. The Kier molecular flexibility index (Phi) is 37.8. The van der Waals surface area contributed by atoms with Gasteiger partial charge in [-0.15, -0.1) is 6.58 Å². The van der Waals surface area contributed by atoms with Gasteiger partial charge in [-0.1, -0.05) is 161 Å². The monoisotopic (exact) mass is 2300 g/mol. The number of alkyl carbamates (subject to hydrolysis) is 2. The van der Waals surface area contributed by atoms with E-state index in [-0.39, 0.29) is 144 Å². The number of amides is 9. The van der Waals surface area contributed by atoms with E-state index < -0.39 is 137 Å². The summed E-state index contributed by atoms with van der Waals surface area (Å²) in [7, 11) is 2.70. The number of benzene rings is 5. The number of hydrogen-bond acceptors (Lipinski definition) is 28. The number of β-amino-alcohol motifs (C(OH)–C–C–N with tert-alkyl or cyclic N) is 2. The van der Waals surface area contributed by atoms with Crippen LogP contribution in [0, 0.1) is 0 Å². The molecule has 0 spiro atoms. The number of methoxy groups -OCH3 is 2. The summed E-state index contributed by atoms with van der Waals surface area (Å²) in [6.07, 6.45) is 4.32. The Labute approximate surface area is 833 Å². The van der Waals surface area contributed by atoms with Gasteiger partial charge in [0.2, 0.25) is 23.6 Å². The molecule has 0 bridgehead atoms. The summed E-state index contributed by atoms with van der Waals surface area (Å²) in [5.41, 5.74) is 5.19. The summed E-state index contributed by atoms with van der Waals surface area (Å²) in [4.78, 5) is 190. The summed E-state index contributed by atoms with van der Waals surface area (Å²) in [6.45, 7) is 19.0. The first-order valence-corrected chi connectivity index (χ1v) is 48.8. The normalized spacial score (nSPS) is 26.6. The minimum Gasteiger partial charge on any atom is -0.481 e. The van der Waals surface area contributed by atoms with Gasteiger partial charge in [0.05, 0.1) is 50.8 Å². The van der Waals surface area contributed by atoms with Crippen molar-refractivity contribution < 1.29 is 165 Å². The maximum absolute atomic E-state index is 13.2. The number of nitrogens with one attached hydrogen (secondary N) is 7. The first-order valence-electron chi connectivity index (χ1n) is 46.8. The topological polar surface area (TPSA) is 523 Å². The summed E-state index contributed by atoms with van der Waals surface area (Å²) in [6, 6.07) is 37.3. The Hall–Kier alpha value is -12.2. The molecule has 11 aliphatic rings. The zero-order valence-electron chi connectivity index (χ0n) is 79.1. The average Bonchev–Trinajstić information content (AvgIpc) is 1.58. The van der Waals surface area contributed by atoms with E-state index in [4.69, 9.17) is 48.5 Å². The molecule has 39 nitrogen and oxygen atoms in total. The molecule has 5 aromatic rings. The van der Waals surface area contributed by atoms with Gasteiger partial charge in [-0.05, 0) is 69.3 Å². The van der Waals surface area contributed by atoms with Crippen LogP contribution in [-0.4, -0.2) is 298 Å². The number of rotatable bonds is 29. The van der Waals surface area contributed by atoms with Gasteiger partial charge in [0.1, 0.15) is 61.2 Å². The van der Waals surface area contributed by atoms with Crippen molar-refractivity contribution in [1.29, 1.82) is 0 Å². The number of esters is 4. The Bertz CT molecular complexity index is 5360. The van der Waals surface area contributed by atoms with E-state index in [9.17, 15) is 77.0 Å². The SMILES string of the molecule is C=CCCOC(=O)C[C@@H]1NC(=O)[C@]2(CC)C[C@H]([N]=[Pt])CN2C1=O.C=CCOC(=O)C[C@@H]1NC(=O)[C@]2(CC)C[C@H](NC(=O)OCC3c4ccccc4-c4ccccc43)CN2C1=O.CCC1(C(=O)OC)C[C@@H](O)CN1C(=O)OCc1ccccc1.CC[C@@]1(C(=O)OC)C[C@H]([N]=[Pt])CN1.CC[C@@]12C[C@H](NC(=O)OCC3c4ccccc4-c4ccccc43)CN1C(=O)[C@H](CC(=O)O)NC2=O.O=C(O)[C@@H]1C[C@@H](O)CN1. The minimum absolute atomic E-state index is 0.0302. The first-order chi connectivity index (χ1) is 67.1. The van der Waals surface area contributed by atoms with E-state index >= 15 is 0 Å². The van der Waals surface area contributed by atoms with Gasteiger partial charge < -0.3 is 80.5 Å². The molecule has 0 radical (unpaired) electrons. The molecule has 1 unspecified atom stereocenters. The van der Waals surface area contributed by atoms with Gasteiger partial charge in [0, 0.05) is 57.2 Å². The summed E-state index contributed by atoms with van der Waals surface area (Å²) in [5, 5.41) is 55.6. The quantitative estimate of drug-likeness (QED) is 0.0105. The number of aliphatic hydroxyl groups excluding tert-OH is 2. The van der Waals surface area contributed by atoms with Gasteiger partial charge in [-0.2, -0.15) is 0 Å². The fourth-order valence-electron chi connectivity index (χ4n) is 20.3. The van der Waals surface area contributed by atoms with Crippen LogP contribution < -0.4 is 37.2 Å². The third kappa shape index (κ3) is 24.2. The number of carboxylic acid groups (broad SMARTS) is 2. The number of carbonyl (C=O) groups excluding carboxylic acids is 13. The second-order valence-electron chi connectivity index (χ2n) is 35.9. The molecule has 9 aliphatic heterocycles. The van der Waals surface area contributed by atoms with Crippen LogP contribution in [-0.2, 0) is 137 Å². The van der Waals surface area contributed by atoms with Crippen LogP contribution in [0.1, 0.15) is 171 Å². The van der Waals surface area contributed by atoms with E-state index in [1.54, 1.807) is 24.8 Å². The van der Waals surface area contributed by atoms with Crippen LogP contribution in [0.15, 0.2) is 160 Å².